The van der Waals surface area contributed by atoms with Crippen LogP contribution in [0.25, 0.3) is 11.1 Å². The Labute approximate surface area is 176 Å². The summed E-state index contributed by atoms with van der Waals surface area (Å²) >= 11 is 0. The summed E-state index contributed by atoms with van der Waals surface area (Å²) in [6.07, 6.45) is 1.47. The molecule has 1 fully saturated rings. The third kappa shape index (κ3) is 5.56. The topological polar surface area (TPSA) is 155 Å². The number of methoxy groups -OCH3 is 1. The van der Waals surface area contributed by atoms with Crippen LogP contribution in [0.4, 0.5) is 14.0 Å². The van der Waals surface area contributed by atoms with Gasteiger partial charge in [0.05, 0.1) is 13.7 Å². The number of halogens is 1. The fourth-order valence-corrected chi connectivity index (χ4v) is 2.87. The van der Waals surface area contributed by atoms with Crippen molar-refractivity contribution in [1.29, 1.82) is 0 Å². The largest absolute Gasteiger partial charge is 0.463 e. The Bertz CT molecular complexity index is 974. The van der Waals surface area contributed by atoms with Gasteiger partial charge < -0.3 is 30.6 Å². The molecule has 0 aliphatic carbocycles. The SMILES string of the molecule is COC(=O)N1CC(COc2ncc(-c3cccc(COC(=O)N=C(N)N)c3F)cn2)C1. The highest BCUT2D eigenvalue weighted by atomic mass is 19.1. The van der Waals surface area contributed by atoms with Crippen LogP contribution in [0.1, 0.15) is 5.56 Å². The summed E-state index contributed by atoms with van der Waals surface area (Å²) in [5.41, 5.74) is 11.0. The summed E-state index contributed by atoms with van der Waals surface area (Å²) in [5, 5.41) is 0. The zero-order valence-corrected chi connectivity index (χ0v) is 16.7. The van der Waals surface area contributed by atoms with E-state index in [1.165, 1.54) is 25.6 Å². The molecule has 1 aromatic heterocycles. The number of benzene rings is 1. The number of carbonyl (C=O) groups is 2. The van der Waals surface area contributed by atoms with Crippen molar-refractivity contribution in [3.8, 4) is 17.1 Å². The standard InChI is InChI=1S/C19H21FN6O5/c1-29-19(28)26-7-11(8-26)9-30-17-23-5-13(6-24-17)14-4-2-3-12(15(14)20)10-31-18(27)25-16(21)22/h2-6,11H,7-10H2,1H3,(H4,21,22,25,27). The minimum Gasteiger partial charge on any atom is -0.463 e. The van der Waals surface area contributed by atoms with Crippen molar-refractivity contribution < 1.29 is 28.2 Å². The molecule has 11 nitrogen and oxygen atoms in total. The fourth-order valence-electron chi connectivity index (χ4n) is 2.87. The molecule has 0 radical (unpaired) electrons. The van der Waals surface area contributed by atoms with Crippen LogP contribution >= 0.6 is 0 Å². The lowest BCUT2D eigenvalue weighted by molar-refractivity contribution is 0.0464. The van der Waals surface area contributed by atoms with E-state index in [9.17, 15) is 14.0 Å². The summed E-state index contributed by atoms with van der Waals surface area (Å²) in [5.74, 6) is -0.871. The minimum absolute atomic E-state index is 0.136. The number of carbonyl (C=O) groups excluding carboxylic acids is 2. The molecule has 164 valence electrons. The maximum absolute atomic E-state index is 14.8. The maximum Gasteiger partial charge on any atom is 0.437 e. The third-order valence-electron chi connectivity index (χ3n) is 4.43. The van der Waals surface area contributed by atoms with Gasteiger partial charge >= 0.3 is 18.2 Å². The van der Waals surface area contributed by atoms with E-state index < -0.39 is 17.9 Å². The average molecular weight is 432 g/mol. The number of rotatable bonds is 6. The average Bonchev–Trinajstić information content (AvgIpc) is 2.71. The fraction of sp³-hybridized carbons (Fsp3) is 0.316. The maximum atomic E-state index is 14.8. The lowest BCUT2D eigenvalue weighted by atomic mass is 10.0. The zero-order valence-electron chi connectivity index (χ0n) is 16.7. The number of aromatic nitrogens is 2. The number of amides is 2. The molecule has 0 spiro atoms. The smallest absolute Gasteiger partial charge is 0.437 e. The first-order valence-corrected chi connectivity index (χ1v) is 9.19. The number of hydrogen-bond acceptors (Lipinski definition) is 7. The highest BCUT2D eigenvalue weighted by Gasteiger charge is 2.31. The van der Waals surface area contributed by atoms with Crippen molar-refractivity contribution in [3.63, 3.8) is 0 Å². The molecule has 2 aromatic rings. The van der Waals surface area contributed by atoms with Crippen LogP contribution in [0.3, 0.4) is 0 Å². The Balaban J connectivity index is 1.57. The third-order valence-corrected chi connectivity index (χ3v) is 4.43. The zero-order chi connectivity index (χ0) is 22.4. The summed E-state index contributed by atoms with van der Waals surface area (Å²) in [7, 11) is 1.33. The van der Waals surface area contributed by atoms with Gasteiger partial charge in [0, 0.05) is 48.1 Å². The quantitative estimate of drug-likeness (QED) is 0.507. The van der Waals surface area contributed by atoms with Gasteiger partial charge in [-0.25, -0.2) is 23.9 Å². The second kappa shape index (κ2) is 9.69. The van der Waals surface area contributed by atoms with Crippen LogP contribution in [0.5, 0.6) is 6.01 Å². The highest BCUT2D eigenvalue weighted by molar-refractivity contribution is 5.87. The van der Waals surface area contributed by atoms with Gasteiger partial charge in [0.1, 0.15) is 12.4 Å². The number of nitrogens with two attached hydrogens (primary N) is 2. The van der Waals surface area contributed by atoms with Crippen LogP contribution in [0.2, 0.25) is 0 Å². The first-order chi connectivity index (χ1) is 14.9. The summed E-state index contributed by atoms with van der Waals surface area (Å²) in [6.45, 7) is 1.08. The van der Waals surface area contributed by atoms with Crippen LogP contribution < -0.4 is 16.2 Å². The molecule has 12 heteroatoms. The van der Waals surface area contributed by atoms with Crippen LogP contribution in [0, 0.1) is 11.7 Å². The first-order valence-electron chi connectivity index (χ1n) is 9.19. The number of hydrogen-bond donors (Lipinski definition) is 2. The molecule has 1 aromatic carbocycles. The van der Waals surface area contributed by atoms with Crippen LogP contribution in [-0.2, 0) is 16.1 Å². The molecule has 4 N–H and O–H groups in total. The Hall–Kier alpha value is -3.96. The lowest BCUT2D eigenvalue weighted by Crippen LogP contribution is -2.52. The van der Waals surface area contributed by atoms with Gasteiger partial charge in [-0.05, 0) is 0 Å². The van der Waals surface area contributed by atoms with Crippen molar-refractivity contribution in [2.45, 2.75) is 6.61 Å². The van der Waals surface area contributed by atoms with Gasteiger partial charge in [-0.2, -0.15) is 0 Å². The molecule has 0 atom stereocenters. The second-order valence-electron chi connectivity index (χ2n) is 6.68. The predicted molar refractivity (Wildman–Crippen MR) is 106 cm³/mol. The van der Waals surface area contributed by atoms with Gasteiger partial charge in [-0.15, -0.1) is 4.99 Å². The molecule has 1 aliphatic rings. The van der Waals surface area contributed by atoms with Gasteiger partial charge in [-0.1, -0.05) is 18.2 Å². The van der Waals surface area contributed by atoms with Gasteiger partial charge in [0.2, 0.25) is 0 Å². The molecule has 0 saturated carbocycles. The molecular formula is C19H21FN6O5. The molecule has 0 bridgehead atoms. The van der Waals surface area contributed by atoms with Gasteiger partial charge in [-0.3, -0.25) is 0 Å². The number of aliphatic imine (C=N–C) groups is 1. The van der Waals surface area contributed by atoms with Crippen molar-refractivity contribution in [3.05, 3.63) is 42.0 Å². The van der Waals surface area contributed by atoms with E-state index in [4.69, 9.17) is 20.9 Å². The first kappa shape index (κ1) is 21.7. The highest BCUT2D eigenvalue weighted by Crippen LogP contribution is 2.25. The molecule has 1 aliphatic heterocycles. The molecule has 31 heavy (non-hydrogen) atoms. The van der Waals surface area contributed by atoms with Crippen molar-refractivity contribution >= 4 is 18.1 Å². The molecule has 2 heterocycles. The van der Waals surface area contributed by atoms with E-state index in [1.807, 2.05) is 0 Å². The van der Waals surface area contributed by atoms with Crippen molar-refractivity contribution in [2.24, 2.45) is 22.4 Å². The van der Waals surface area contributed by atoms with E-state index in [2.05, 4.69) is 19.7 Å². The van der Waals surface area contributed by atoms with Crippen molar-refractivity contribution in [2.75, 3.05) is 26.8 Å². The second-order valence-corrected chi connectivity index (χ2v) is 6.68. The molecule has 2 amide bonds. The van der Waals surface area contributed by atoms with Crippen LogP contribution in [0.15, 0.2) is 35.6 Å². The van der Waals surface area contributed by atoms with Crippen LogP contribution in [-0.4, -0.2) is 59.8 Å². The van der Waals surface area contributed by atoms with E-state index in [0.29, 0.717) is 25.3 Å². The lowest BCUT2D eigenvalue weighted by Gasteiger charge is -2.37. The van der Waals surface area contributed by atoms with Crippen molar-refractivity contribution in [1.82, 2.24) is 14.9 Å². The number of likely N-dealkylation sites (tertiary alicyclic amines) is 1. The molecule has 1 saturated heterocycles. The van der Waals surface area contributed by atoms with E-state index >= 15 is 0 Å². The van der Waals surface area contributed by atoms with E-state index in [0.717, 1.165) is 0 Å². The number of guanidine groups is 1. The predicted octanol–water partition coefficient (Wildman–Crippen LogP) is 1.27. The monoisotopic (exact) mass is 432 g/mol. The Morgan fingerprint density at radius 1 is 1.26 bits per heavy atom. The summed E-state index contributed by atoms with van der Waals surface area (Å²) in [6, 6.07) is 4.76. The van der Waals surface area contributed by atoms with Gasteiger partial charge in [0.15, 0.2) is 5.96 Å². The molecule has 0 unspecified atom stereocenters. The minimum atomic E-state index is -1.02. The van der Waals surface area contributed by atoms with Gasteiger partial charge in [0.25, 0.3) is 0 Å². The normalized spacial score (nSPS) is 13.2. The Morgan fingerprint density at radius 3 is 2.61 bits per heavy atom. The molecular weight excluding hydrogens is 411 g/mol. The Kier molecular flexibility index (Phi) is 6.80. The summed E-state index contributed by atoms with van der Waals surface area (Å²) in [4.78, 5) is 35.7. The number of nitrogens with zero attached hydrogens (tertiary/aromatic N) is 4. The Morgan fingerprint density at radius 2 is 1.97 bits per heavy atom. The molecule has 3 rings (SSSR count). The van der Waals surface area contributed by atoms with E-state index in [-0.39, 0.29) is 35.8 Å². The summed E-state index contributed by atoms with van der Waals surface area (Å²) < 4.78 is 29.8. The van der Waals surface area contributed by atoms with E-state index in [1.54, 1.807) is 17.0 Å². The number of ether oxygens (including phenoxy) is 3.